The van der Waals surface area contributed by atoms with E-state index in [9.17, 15) is 0 Å². The summed E-state index contributed by atoms with van der Waals surface area (Å²) in [5, 5.41) is 7.53. The average Bonchev–Trinajstić information content (AvgIpc) is 2.30. The molecular weight excluding hydrogens is 250 g/mol. The van der Waals surface area contributed by atoms with E-state index in [2.05, 4.69) is 15.0 Å². The molecule has 1 aliphatic heterocycles. The Bertz CT molecular complexity index is 537. The summed E-state index contributed by atoms with van der Waals surface area (Å²) in [7, 11) is 3.51. The Labute approximate surface area is 111 Å². The highest BCUT2D eigenvalue weighted by Gasteiger charge is 2.19. The van der Waals surface area contributed by atoms with Crippen LogP contribution in [0.15, 0.2) is 38.8 Å². The van der Waals surface area contributed by atoms with E-state index in [-0.39, 0.29) is 11.3 Å². The quantitative estimate of drug-likeness (QED) is 0.405. The zero-order valence-corrected chi connectivity index (χ0v) is 11.2. The van der Waals surface area contributed by atoms with Crippen molar-refractivity contribution < 1.29 is 0 Å². The lowest BCUT2D eigenvalue weighted by atomic mass is 9.99. The number of guanidine groups is 2. The molecule has 1 N–H and O–H groups in total. The molecule has 94 valence electrons. The molecule has 18 heavy (non-hydrogen) atoms. The summed E-state index contributed by atoms with van der Waals surface area (Å²) < 4.78 is 0. The number of fused-ring (bicyclic) bond motifs is 1. The summed E-state index contributed by atoms with van der Waals surface area (Å²) in [6.45, 7) is 1.89. The monoisotopic (exact) mass is 263 g/mol. The number of nitrogens with one attached hydrogen (secondary N) is 1. The normalized spacial score (nSPS) is 24.1. The van der Waals surface area contributed by atoms with Crippen LogP contribution in [0.25, 0.3) is 0 Å². The molecule has 0 amide bonds. The third-order valence-electron chi connectivity index (χ3n) is 2.55. The number of hydrogen-bond acceptors (Lipinski definition) is 1. The van der Waals surface area contributed by atoms with E-state index < -0.39 is 0 Å². The van der Waals surface area contributed by atoms with Crippen molar-refractivity contribution in [2.75, 3.05) is 14.1 Å². The van der Waals surface area contributed by atoms with Crippen LogP contribution in [0, 0.1) is 5.41 Å². The fourth-order valence-electron chi connectivity index (χ4n) is 1.56. The molecule has 0 aromatic heterocycles. The lowest BCUT2D eigenvalue weighted by Gasteiger charge is -2.18. The summed E-state index contributed by atoms with van der Waals surface area (Å²) in [6.07, 6.45) is 5.63. The molecule has 2 rings (SSSR count). The molecule has 1 heterocycles. The van der Waals surface area contributed by atoms with Gasteiger partial charge in [0.1, 0.15) is 0 Å². The maximum Gasteiger partial charge on any atom is 0.253 e. The van der Waals surface area contributed by atoms with Crippen molar-refractivity contribution in [2.45, 2.75) is 12.3 Å². The van der Waals surface area contributed by atoms with Crippen LogP contribution in [-0.4, -0.2) is 47.7 Å². The third-order valence-corrected chi connectivity index (χ3v) is 2.82. The van der Waals surface area contributed by atoms with E-state index in [1.807, 2.05) is 25.2 Å². The molecule has 0 bridgehead atoms. The molecule has 0 aromatic rings. The highest BCUT2D eigenvalue weighted by Crippen LogP contribution is 2.19. The van der Waals surface area contributed by atoms with Gasteiger partial charge in [-0.15, -0.1) is 11.6 Å². The van der Waals surface area contributed by atoms with E-state index >= 15 is 0 Å². The van der Waals surface area contributed by atoms with Gasteiger partial charge in [-0.25, -0.2) is 9.98 Å². The van der Waals surface area contributed by atoms with Crippen molar-refractivity contribution in [3.63, 3.8) is 0 Å². The topological polar surface area (TPSA) is 64.2 Å². The lowest BCUT2D eigenvalue weighted by Crippen LogP contribution is -2.24. The average molecular weight is 264 g/mol. The summed E-state index contributed by atoms with van der Waals surface area (Å²) >= 11 is 6.02. The minimum atomic E-state index is -0.123. The Kier molecular flexibility index (Phi) is 3.43. The van der Waals surface area contributed by atoms with Gasteiger partial charge in [0.15, 0.2) is 0 Å². The second-order valence-electron chi connectivity index (χ2n) is 4.21. The van der Waals surface area contributed by atoms with Gasteiger partial charge in [-0.3, -0.25) is 5.41 Å². The Morgan fingerprint density at radius 1 is 1.44 bits per heavy atom. The molecule has 0 radical (unpaired) electrons. The van der Waals surface area contributed by atoms with Crippen LogP contribution in [0.1, 0.15) is 6.92 Å². The zero-order chi connectivity index (χ0) is 13.3. The van der Waals surface area contributed by atoms with Crippen molar-refractivity contribution in [2.24, 2.45) is 15.0 Å². The lowest BCUT2D eigenvalue weighted by molar-refractivity contribution is 0.609. The molecule has 0 saturated carbocycles. The van der Waals surface area contributed by atoms with Gasteiger partial charge in [0.25, 0.3) is 5.96 Å². The smallest absolute Gasteiger partial charge is 0.253 e. The molecule has 0 aromatic carbocycles. The van der Waals surface area contributed by atoms with Crippen LogP contribution >= 0.6 is 11.6 Å². The minimum absolute atomic E-state index is 0.119. The summed E-state index contributed by atoms with van der Waals surface area (Å²) in [4.78, 5) is 14.2. The first kappa shape index (κ1) is 12.7. The molecule has 2 aliphatic rings. The summed E-state index contributed by atoms with van der Waals surface area (Å²) in [5.41, 5.74) is 2.55. The van der Waals surface area contributed by atoms with E-state index in [0.717, 1.165) is 17.0 Å². The number of nitrogens with zero attached hydrogens (tertiary/aromatic N) is 4. The first-order chi connectivity index (χ1) is 8.47. The Morgan fingerprint density at radius 2 is 2.17 bits per heavy atom. The van der Waals surface area contributed by atoms with Gasteiger partial charge in [0, 0.05) is 19.7 Å². The number of rotatable bonds is 0. The van der Waals surface area contributed by atoms with Crippen LogP contribution in [0.4, 0.5) is 0 Å². The molecule has 0 saturated heterocycles. The van der Waals surface area contributed by atoms with E-state index in [0.29, 0.717) is 5.96 Å². The van der Waals surface area contributed by atoms with Crippen LogP contribution in [0.3, 0.4) is 0 Å². The number of aliphatic imine (C=N–C) groups is 3. The number of halogens is 1. The predicted octanol–water partition coefficient (Wildman–Crippen LogP) is 1.86. The number of alkyl halides is 1. The van der Waals surface area contributed by atoms with Gasteiger partial charge in [0.2, 0.25) is 5.96 Å². The highest BCUT2D eigenvalue weighted by atomic mass is 35.5. The van der Waals surface area contributed by atoms with E-state index in [4.69, 9.17) is 17.0 Å². The summed E-state index contributed by atoms with van der Waals surface area (Å²) in [5.74, 6) is 0.421. The molecule has 6 heteroatoms. The fraction of sp³-hybridized carbons (Fsp3) is 0.333. The molecule has 1 atom stereocenters. The SMILES string of the molecule is CC1=N/C(=N\C(=N)N(C)C)N=C2C=CC(Cl)C=C12. The molecular formula is C12H14ClN5. The van der Waals surface area contributed by atoms with Crippen molar-refractivity contribution in [1.82, 2.24) is 4.90 Å². The first-order valence-electron chi connectivity index (χ1n) is 5.51. The largest absolute Gasteiger partial charge is 0.347 e. The molecule has 0 spiro atoms. The van der Waals surface area contributed by atoms with Crippen LogP contribution in [-0.2, 0) is 0 Å². The van der Waals surface area contributed by atoms with Crippen LogP contribution in [0.2, 0.25) is 0 Å². The fourth-order valence-corrected chi connectivity index (χ4v) is 1.76. The maximum absolute atomic E-state index is 7.66. The van der Waals surface area contributed by atoms with Crippen LogP contribution in [0.5, 0.6) is 0 Å². The van der Waals surface area contributed by atoms with Gasteiger partial charge >= 0.3 is 0 Å². The predicted molar refractivity (Wildman–Crippen MR) is 76.3 cm³/mol. The van der Waals surface area contributed by atoms with Gasteiger partial charge in [0.05, 0.1) is 16.8 Å². The molecule has 0 fully saturated rings. The third kappa shape index (κ3) is 2.56. The van der Waals surface area contributed by atoms with Gasteiger partial charge < -0.3 is 4.90 Å². The molecule has 1 unspecified atom stereocenters. The summed E-state index contributed by atoms with van der Waals surface area (Å²) in [6, 6.07) is 0. The first-order valence-corrected chi connectivity index (χ1v) is 5.94. The zero-order valence-electron chi connectivity index (χ0n) is 10.5. The number of hydrogen-bond donors (Lipinski definition) is 1. The van der Waals surface area contributed by atoms with Gasteiger partial charge in [-0.2, -0.15) is 4.99 Å². The Hall–Kier alpha value is -1.75. The van der Waals surface area contributed by atoms with Gasteiger partial charge in [-0.1, -0.05) is 12.2 Å². The van der Waals surface area contributed by atoms with Crippen molar-refractivity contribution in [3.8, 4) is 0 Å². The van der Waals surface area contributed by atoms with Crippen molar-refractivity contribution >= 4 is 34.9 Å². The van der Waals surface area contributed by atoms with Crippen LogP contribution < -0.4 is 0 Å². The van der Waals surface area contributed by atoms with Crippen molar-refractivity contribution in [3.05, 3.63) is 23.8 Å². The van der Waals surface area contributed by atoms with E-state index in [1.54, 1.807) is 19.0 Å². The Balaban J connectivity index is 2.35. The molecule has 5 nitrogen and oxygen atoms in total. The van der Waals surface area contributed by atoms with Crippen molar-refractivity contribution in [1.29, 1.82) is 5.41 Å². The molecule has 1 aliphatic carbocycles. The standard InChI is InChI=1S/C12H14ClN5/c1-7-9-6-8(13)4-5-10(9)16-12(15-7)17-11(14)18(2)3/h4-6,8,14H,1-3H3/b14-11?,17-12+. The van der Waals surface area contributed by atoms with E-state index in [1.165, 1.54) is 0 Å². The maximum atomic E-state index is 7.66. The second-order valence-corrected chi connectivity index (χ2v) is 4.71. The highest BCUT2D eigenvalue weighted by molar-refractivity contribution is 6.36. The number of allylic oxidation sites excluding steroid dienone is 4. The minimum Gasteiger partial charge on any atom is -0.347 e. The van der Waals surface area contributed by atoms with Gasteiger partial charge in [-0.05, 0) is 13.0 Å². The Morgan fingerprint density at radius 3 is 2.83 bits per heavy atom. The second kappa shape index (κ2) is 4.86.